The normalized spacial score (nSPS) is 12.8. The average Bonchev–Trinajstić information content (AvgIpc) is 2.57. The number of hydrogen-bond acceptors (Lipinski definition) is 4. The maximum atomic E-state index is 12.7. The number of ketones is 1. The van der Waals surface area contributed by atoms with Crippen molar-refractivity contribution in [2.24, 2.45) is 0 Å². The van der Waals surface area contributed by atoms with Gasteiger partial charge in [-0.05, 0) is 12.1 Å². The number of esters is 1. The molecule has 0 radical (unpaired) electrons. The van der Waals surface area contributed by atoms with Gasteiger partial charge in [-0.15, -0.1) is 0 Å². The summed E-state index contributed by atoms with van der Waals surface area (Å²) in [5, 5.41) is 0. The molecule has 0 saturated carbocycles. The van der Waals surface area contributed by atoms with Gasteiger partial charge in [-0.2, -0.15) is 0 Å². The summed E-state index contributed by atoms with van der Waals surface area (Å²) in [7, 11) is 0. The SMILES string of the molecule is CC(=O)Oc1cccc2c1C(=O)c1ccccc1CO2. The van der Waals surface area contributed by atoms with Crippen LogP contribution in [-0.2, 0) is 11.4 Å². The van der Waals surface area contributed by atoms with Crippen molar-refractivity contribution in [3.8, 4) is 11.5 Å². The highest BCUT2D eigenvalue weighted by atomic mass is 16.5. The zero-order chi connectivity index (χ0) is 14.1. The molecule has 1 aliphatic rings. The first-order valence-electron chi connectivity index (χ1n) is 6.23. The van der Waals surface area contributed by atoms with Crippen molar-refractivity contribution in [1.29, 1.82) is 0 Å². The van der Waals surface area contributed by atoms with Gasteiger partial charge in [-0.25, -0.2) is 0 Å². The van der Waals surface area contributed by atoms with Gasteiger partial charge in [0.1, 0.15) is 23.7 Å². The first-order chi connectivity index (χ1) is 9.66. The van der Waals surface area contributed by atoms with E-state index in [1.54, 1.807) is 30.3 Å². The van der Waals surface area contributed by atoms with Crippen molar-refractivity contribution in [1.82, 2.24) is 0 Å². The Morgan fingerprint density at radius 3 is 2.75 bits per heavy atom. The monoisotopic (exact) mass is 268 g/mol. The highest BCUT2D eigenvalue weighted by Crippen LogP contribution is 2.34. The first kappa shape index (κ1) is 12.4. The molecule has 2 aromatic carbocycles. The van der Waals surface area contributed by atoms with Crippen molar-refractivity contribution in [3.63, 3.8) is 0 Å². The minimum Gasteiger partial charge on any atom is -0.488 e. The molecule has 0 fully saturated rings. The van der Waals surface area contributed by atoms with E-state index in [1.807, 2.05) is 12.1 Å². The lowest BCUT2D eigenvalue weighted by Crippen LogP contribution is -2.09. The number of carbonyl (C=O) groups excluding carboxylic acids is 2. The fraction of sp³-hybridized carbons (Fsp3) is 0.125. The third-order valence-corrected chi connectivity index (χ3v) is 3.11. The Hall–Kier alpha value is -2.62. The summed E-state index contributed by atoms with van der Waals surface area (Å²) < 4.78 is 10.8. The van der Waals surface area contributed by atoms with Crippen LogP contribution in [0.3, 0.4) is 0 Å². The molecule has 0 aromatic heterocycles. The van der Waals surface area contributed by atoms with E-state index >= 15 is 0 Å². The van der Waals surface area contributed by atoms with Gasteiger partial charge >= 0.3 is 5.97 Å². The van der Waals surface area contributed by atoms with Crippen LogP contribution in [0.25, 0.3) is 0 Å². The molecular weight excluding hydrogens is 256 g/mol. The number of hydrogen-bond donors (Lipinski definition) is 0. The third kappa shape index (κ3) is 2.05. The smallest absolute Gasteiger partial charge is 0.308 e. The van der Waals surface area contributed by atoms with Gasteiger partial charge in [-0.1, -0.05) is 30.3 Å². The Morgan fingerprint density at radius 2 is 1.95 bits per heavy atom. The number of carbonyl (C=O) groups is 2. The van der Waals surface area contributed by atoms with E-state index < -0.39 is 5.97 Å². The summed E-state index contributed by atoms with van der Waals surface area (Å²) in [5.74, 6) is 0.00957. The van der Waals surface area contributed by atoms with Crippen LogP contribution in [0, 0.1) is 0 Å². The highest BCUT2D eigenvalue weighted by molar-refractivity contribution is 6.13. The van der Waals surface area contributed by atoms with E-state index in [4.69, 9.17) is 9.47 Å². The van der Waals surface area contributed by atoms with Crippen LogP contribution in [0.2, 0.25) is 0 Å². The Kier molecular flexibility index (Phi) is 2.99. The Balaban J connectivity index is 2.18. The second-order valence-corrected chi connectivity index (χ2v) is 4.50. The summed E-state index contributed by atoms with van der Waals surface area (Å²) in [5.41, 5.74) is 1.70. The third-order valence-electron chi connectivity index (χ3n) is 3.11. The maximum Gasteiger partial charge on any atom is 0.308 e. The summed E-state index contributed by atoms with van der Waals surface area (Å²) in [6.45, 7) is 1.62. The van der Waals surface area contributed by atoms with Gasteiger partial charge in [0.05, 0.1) is 0 Å². The molecule has 0 atom stereocenters. The molecule has 0 bridgehead atoms. The Morgan fingerprint density at radius 1 is 1.15 bits per heavy atom. The second kappa shape index (κ2) is 4.81. The zero-order valence-corrected chi connectivity index (χ0v) is 10.9. The van der Waals surface area contributed by atoms with E-state index in [1.165, 1.54) is 6.92 Å². The van der Waals surface area contributed by atoms with E-state index in [9.17, 15) is 9.59 Å². The number of benzene rings is 2. The fourth-order valence-corrected chi connectivity index (χ4v) is 2.25. The Bertz CT molecular complexity index is 703. The highest BCUT2D eigenvalue weighted by Gasteiger charge is 2.26. The first-order valence-corrected chi connectivity index (χ1v) is 6.23. The summed E-state index contributed by atoms with van der Waals surface area (Å²) in [4.78, 5) is 23.8. The van der Waals surface area contributed by atoms with Gasteiger partial charge in [0.25, 0.3) is 0 Å². The maximum absolute atomic E-state index is 12.7. The van der Waals surface area contributed by atoms with Crippen molar-refractivity contribution < 1.29 is 19.1 Å². The molecule has 2 aromatic rings. The van der Waals surface area contributed by atoms with Gasteiger partial charge in [0.15, 0.2) is 0 Å². The van der Waals surface area contributed by atoms with Crippen LogP contribution in [0.1, 0.15) is 28.4 Å². The molecule has 0 unspecified atom stereocenters. The minimum absolute atomic E-state index is 0.190. The standard InChI is InChI=1S/C16H12O4/c1-10(17)20-14-8-4-7-13-15(14)16(18)12-6-3-2-5-11(12)9-19-13/h2-8H,9H2,1H3. The fourth-order valence-electron chi connectivity index (χ4n) is 2.25. The molecule has 0 spiro atoms. The van der Waals surface area contributed by atoms with Crippen LogP contribution in [0.4, 0.5) is 0 Å². The summed E-state index contributed by atoms with van der Waals surface area (Å²) >= 11 is 0. The second-order valence-electron chi connectivity index (χ2n) is 4.50. The van der Waals surface area contributed by atoms with Gasteiger partial charge in [-0.3, -0.25) is 9.59 Å². The topological polar surface area (TPSA) is 52.6 Å². The van der Waals surface area contributed by atoms with E-state index in [0.29, 0.717) is 23.5 Å². The van der Waals surface area contributed by atoms with Crippen molar-refractivity contribution in [2.75, 3.05) is 0 Å². The number of fused-ring (bicyclic) bond motifs is 2. The number of ether oxygens (including phenoxy) is 2. The molecule has 0 aliphatic carbocycles. The van der Waals surface area contributed by atoms with Crippen LogP contribution in [-0.4, -0.2) is 11.8 Å². The summed E-state index contributed by atoms with van der Waals surface area (Å²) in [6, 6.07) is 12.3. The van der Waals surface area contributed by atoms with Gasteiger partial charge in [0, 0.05) is 18.1 Å². The van der Waals surface area contributed by atoms with E-state index in [2.05, 4.69) is 0 Å². The molecular formula is C16H12O4. The molecule has 0 amide bonds. The summed E-state index contributed by atoms with van der Waals surface area (Å²) in [6.07, 6.45) is 0. The van der Waals surface area contributed by atoms with Gasteiger partial charge in [0.2, 0.25) is 5.78 Å². The molecule has 4 nitrogen and oxygen atoms in total. The lowest BCUT2D eigenvalue weighted by Gasteiger charge is -2.10. The lowest BCUT2D eigenvalue weighted by atomic mass is 9.98. The quantitative estimate of drug-likeness (QED) is 0.589. The van der Waals surface area contributed by atoms with Crippen LogP contribution < -0.4 is 9.47 Å². The predicted molar refractivity (Wildman–Crippen MR) is 72.0 cm³/mol. The largest absolute Gasteiger partial charge is 0.488 e. The van der Waals surface area contributed by atoms with Crippen LogP contribution in [0.5, 0.6) is 11.5 Å². The zero-order valence-electron chi connectivity index (χ0n) is 10.9. The van der Waals surface area contributed by atoms with Crippen molar-refractivity contribution >= 4 is 11.8 Å². The van der Waals surface area contributed by atoms with E-state index in [0.717, 1.165) is 5.56 Å². The molecule has 20 heavy (non-hydrogen) atoms. The molecule has 0 saturated heterocycles. The average molecular weight is 268 g/mol. The van der Waals surface area contributed by atoms with Gasteiger partial charge < -0.3 is 9.47 Å². The van der Waals surface area contributed by atoms with E-state index in [-0.39, 0.29) is 11.5 Å². The lowest BCUT2D eigenvalue weighted by molar-refractivity contribution is -0.131. The molecule has 1 aliphatic heterocycles. The molecule has 1 heterocycles. The van der Waals surface area contributed by atoms with Crippen LogP contribution in [0.15, 0.2) is 42.5 Å². The molecule has 4 heteroatoms. The molecule has 0 N–H and O–H groups in total. The molecule has 3 rings (SSSR count). The minimum atomic E-state index is -0.469. The number of rotatable bonds is 1. The predicted octanol–water partition coefficient (Wildman–Crippen LogP) is 2.74. The Labute approximate surface area is 115 Å². The van der Waals surface area contributed by atoms with Crippen molar-refractivity contribution in [3.05, 3.63) is 59.2 Å². The molecule has 100 valence electrons. The van der Waals surface area contributed by atoms with Crippen LogP contribution >= 0.6 is 0 Å². The van der Waals surface area contributed by atoms with Crippen molar-refractivity contribution in [2.45, 2.75) is 13.5 Å².